The zero-order valence-electron chi connectivity index (χ0n) is 10.1. The fourth-order valence-corrected chi connectivity index (χ4v) is 3.43. The minimum absolute atomic E-state index is 0.663. The van der Waals surface area contributed by atoms with Gasteiger partial charge in [-0.05, 0) is 24.5 Å². The van der Waals surface area contributed by atoms with Gasteiger partial charge < -0.3 is 5.73 Å². The number of nitrogens with zero attached hydrogens (tertiary/aromatic N) is 2. The van der Waals surface area contributed by atoms with E-state index in [9.17, 15) is 0 Å². The molecule has 0 radical (unpaired) electrons. The molecule has 0 aromatic carbocycles. The molecule has 17 heavy (non-hydrogen) atoms. The lowest BCUT2D eigenvalue weighted by Crippen LogP contribution is -2.21. The third-order valence-electron chi connectivity index (χ3n) is 2.73. The summed E-state index contributed by atoms with van der Waals surface area (Å²) < 4.78 is 0. The van der Waals surface area contributed by atoms with Gasteiger partial charge in [-0.3, -0.25) is 4.90 Å². The van der Waals surface area contributed by atoms with Crippen LogP contribution in [0, 0.1) is 0 Å². The van der Waals surface area contributed by atoms with Gasteiger partial charge in [0, 0.05) is 11.4 Å². The van der Waals surface area contributed by atoms with Crippen LogP contribution in [0.4, 0.5) is 5.13 Å². The summed E-state index contributed by atoms with van der Waals surface area (Å²) in [5.41, 5.74) is 6.90. The van der Waals surface area contributed by atoms with Crippen LogP contribution in [0.25, 0.3) is 10.6 Å². The lowest BCUT2D eigenvalue weighted by atomic mass is 10.3. The first-order valence-electron chi connectivity index (χ1n) is 5.76. The zero-order chi connectivity index (χ0) is 12.3. The normalized spacial score (nSPS) is 11.2. The molecule has 2 aromatic rings. The number of hydrogen-bond donors (Lipinski definition) is 1. The number of thiophene rings is 1. The molecule has 0 unspecified atom stereocenters. The van der Waals surface area contributed by atoms with Gasteiger partial charge in [-0.2, -0.15) is 0 Å². The number of nitrogen functional groups attached to an aromatic ring is 1. The molecule has 0 spiro atoms. The Hall–Kier alpha value is -0.910. The Morgan fingerprint density at radius 3 is 2.71 bits per heavy atom. The third-order valence-corrected chi connectivity index (χ3v) is 4.48. The summed E-state index contributed by atoms with van der Waals surface area (Å²) in [4.78, 5) is 9.31. The second kappa shape index (κ2) is 5.62. The Bertz CT molecular complexity index is 458. The minimum atomic E-state index is 0.663. The summed E-state index contributed by atoms with van der Waals surface area (Å²) in [6, 6.07) is 4.15. The van der Waals surface area contributed by atoms with Crippen molar-refractivity contribution < 1.29 is 0 Å². The molecule has 0 fully saturated rings. The number of aromatic nitrogens is 1. The van der Waals surface area contributed by atoms with Crippen molar-refractivity contribution in [3.8, 4) is 10.6 Å². The fourth-order valence-electron chi connectivity index (χ4n) is 1.73. The maximum absolute atomic E-state index is 5.84. The first-order chi connectivity index (χ1) is 8.24. The largest absolute Gasteiger partial charge is 0.375 e. The van der Waals surface area contributed by atoms with E-state index in [4.69, 9.17) is 5.73 Å². The topological polar surface area (TPSA) is 42.1 Å². The average molecular weight is 267 g/mol. The van der Waals surface area contributed by atoms with E-state index in [0.717, 1.165) is 25.3 Å². The quantitative estimate of drug-likeness (QED) is 0.904. The number of hydrogen-bond acceptors (Lipinski definition) is 5. The Morgan fingerprint density at radius 2 is 2.12 bits per heavy atom. The van der Waals surface area contributed by atoms with E-state index in [1.165, 1.54) is 9.75 Å². The Kier molecular flexibility index (Phi) is 4.15. The van der Waals surface area contributed by atoms with E-state index in [1.54, 1.807) is 22.7 Å². The van der Waals surface area contributed by atoms with Gasteiger partial charge in [-0.15, -0.1) is 22.7 Å². The third kappa shape index (κ3) is 2.86. The molecule has 0 aliphatic heterocycles. The summed E-state index contributed by atoms with van der Waals surface area (Å²) in [6.45, 7) is 7.41. The molecule has 0 bridgehead atoms. The molecular weight excluding hydrogens is 250 g/mol. The van der Waals surface area contributed by atoms with E-state index < -0.39 is 0 Å². The van der Waals surface area contributed by atoms with Crippen molar-refractivity contribution in [2.75, 3.05) is 18.8 Å². The molecule has 2 aromatic heterocycles. The minimum Gasteiger partial charge on any atom is -0.375 e. The van der Waals surface area contributed by atoms with Gasteiger partial charge in [-0.25, -0.2) is 4.98 Å². The number of anilines is 1. The SMILES string of the molecule is CCN(CC)Cc1sc(N)nc1-c1cccs1. The van der Waals surface area contributed by atoms with Crippen LogP contribution in [0.3, 0.4) is 0 Å². The van der Waals surface area contributed by atoms with Crippen molar-refractivity contribution in [3.05, 3.63) is 22.4 Å². The molecule has 3 nitrogen and oxygen atoms in total. The van der Waals surface area contributed by atoms with Crippen molar-refractivity contribution >= 4 is 27.8 Å². The summed E-state index contributed by atoms with van der Waals surface area (Å²) in [5.74, 6) is 0. The molecule has 0 atom stereocenters. The molecule has 2 heterocycles. The van der Waals surface area contributed by atoms with E-state index in [1.807, 2.05) is 0 Å². The smallest absolute Gasteiger partial charge is 0.180 e. The van der Waals surface area contributed by atoms with Crippen molar-refractivity contribution in [1.29, 1.82) is 0 Å². The monoisotopic (exact) mass is 267 g/mol. The van der Waals surface area contributed by atoms with Crippen LogP contribution in [0.15, 0.2) is 17.5 Å². The maximum atomic E-state index is 5.84. The lowest BCUT2D eigenvalue weighted by Gasteiger charge is -2.17. The van der Waals surface area contributed by atoms with Crippen LogP contribution in [-0.2, 0) is 6.54 Å². The molecule has 0 amide bonds. The second-order valence-corrected chi connectivity index (χ2v) is 5.83. The summed E-state index contributed by atoms with van der Waals surface area (Å²) >= 11 is 3.32. The Morgan fingerprint density at radius 1 is 1.35 bits per heavy atom. The lowest BCUT2D eigenvalue weighted by molar-refractivity contribution is 0.298. The van der Waals surface area contributed by atoms with Gasteiger partial charge in [0.15, 0.2) is 5.13 Å². The Balaban J connectivity index is 2.28. The van der Waals surface area contributed by atoms with Crippen LogP contribution in [0.2, 0.25) is 0 Å². The molecule has 0 aliphatic rings. The van der Waals surface area contributed by atoms with Crippen LogP contribution in [0.1, 0.15) is 18.7 Å². The van der Waals surface area contributed by atoms with Gasteiger partial charge in [0.1, 0.15) is 0 Å². The van der Waals surface area contributed by atoms with E-state index in [2.05, 4.69) is 41.2 Å². The van der Waals surface area contributed by atoms with Crippen LogP contribution >= 0.6 is 22.7 Å². The van der Waals surface area contributed by atoms with Crippen molar-refractivity contribution in [1.82, 2.24) is 9.88 Å². The number of thiazole rings is 1. The highest BCUT2D eigenvalue weighted by molar-refractivity contribution is 7.17. The zero-order valence-corrected chi connectivity index (χ0v) is 11.8. The first kappa shape index (κ1) is 12.5. The second-order valence-electron chi connectivity index (χ2n) is 3.76. The van der Waals surface area contributed by atoms with Gasteiger partial charge in [0.2, 0.25) is 0 Å². The van der Waals surface area contributed by atoms with Crippen molar-refractivity contribution in [2.24, 2.45) is 0 Å². The molecule has 5 heteroatoms. The predicted octanol–water partition coefficient (Wildman–Crippen LogP) is 3.30. The number of nitrogens with two attached hydrogens (primary N) is 1. The highest BCUT2D eigenvalue weighted by Gasteiger charge is 2.14. The molecule has 92 valence electrons. The highest BCUT2D eigenvalue weighted by atomic mass is 32.1. The van der Waals surface area contributed by atoms with E-state index in [-0.39, 0.29) is 0 Å². The van der Waals surface area contributed by atoms with Gasteiger partial charge >= 0.3 is 0 Å². The van der Waals surface area contributed by atoms with Gasteiger partial charge in [0.25, 0.3) is 0 Å². The summed E-state index contributed by atoms with van der Waals surface area (Å²) in [6.07, 6.45) is 0. The standard InChI is InChI=1S/C12H17N3S2/c1-3-15(4-2)8-10-11(14-12(13)17-10)9-6-5-7-16-9/h5-7H,3-4,8H2,1-2H3,(H2,13,14). The van der Waals surface area contributed by atoms with Crippen LogP contribution < -0.4 is 5.73 Å². The highest BCUT2D eigenvalue weighted by Crippen LogP contribution is 2.33. The fraction of sp³-hybridized carbons (Fsp3) is 0.417. The summed E-state index contributed by atoms with van der Waals surface area (Å²) in [5, 5.41) is 2.74. The number of rotatable bonds is 5. The van der Waals surface area contributed by atoms with Crippen molar-refractivity contribution in [3.63, 3.8) is 0 Å². The average Bonchev–Trinajstić information content (AvgIpc) is 2.94. The molecule has 0 aliphatic carbocycles. The van der Waals surface area contributed by atoms with Crippen molar-refractivity contribution in [2.45, 2.75) is 20.4 Å². The van der Waals surface area contributed by atoms with E-state index in [0.29, 0.717) is 5.13 Å². The molecule has 2 rings (SSSR count). The molecule has 0 saturated heterocycles. The van der Waals surface area contributed by atoms with Gasteiger partial charge in [-0.1, -0.05) is 19.9 Å². The van der Waals surface area contributed by atoms with Crippen LogP contribution in [-0.4, -0.2) is 23.0 Å². The molecule has 2 N–H and O–H groups in total. The van der Waals surface area contributed by atoms with E-state index >= 15 is 0 Å². The molecular formula is C12H17N3S2. The predicted molar refractivity (Wildman–Crippen MR) is 76.5 cm³/mol. The first-order valence-corrected chi connectivity index (χ1v) is 7.45. The summed E-state index contributed by atoms with van der Waals surface area (Å²) in [7, 11) is 0. The van der Waals surface area contributed by atoms with Crippen LogP contribution in [0.5, 0.6) is 0 Å². The Labute approximate surface area is 110 Å². The van der Waals surface area contributed by atoms with Gasteiger partial charge in [0.05, 0.1) is 10.6 Å². The molecule has 0 saturated carbocycles. The maximum Gasteiger partial charge on any atom is 0.180 e.